The molecule has 1 N–H and O–H groups in total. The Kier molecular flexibility index (Phi) is 4.40. The molecule has 0 aliphatic carbocycles. The van der Waals surface area contributed by atoms with Gasteiger partial charge >= 0.3 is 0 Å². The maximum Gasteiger partial charge on any atom is 0.0299 e. The van der Waals surface area contributed by atoms with Crippen molar-refractivity contribution in [1.29, 1.82) is 0 Å². The highest BCUT2D eigenvalue weighted by atomic mass is 32.2. The molecule has 0 heterocycles. The van der Waals surface area contributed by atoms with Crippen LogP contribution in [-0.4, -0.2) is 6.21 Å². The van der Waals surface area contributed by atoms with Gasteiger partial charge in [-0.15, -0.1) is 0 Å². The number of hydrogen-bond acceptors (Lipinski definition) is 3. The van der Waals surface area contributed by atoms with Crippen molar-refractivity contribution < 1.29 is 0 Å². The molecule has 3 heteroatoms. The van der Waals surface area contributed by atoms with Gasteiger partial charge in [-0.05, 0) is 18.1 Å². The number of nitrogens with zero attached hydrogens (tertiary/aromatic N) is 1. The van der Waals surface area contributed by atoms with E-state index in [1.165, 1.54) is 16.8 Å². The lowest BCUT2D eigenvalue weighted by molar-refractivity contribution is 0.892. The number of hydrazone groups is 1. The second-order valence-corrected chi connectivity index (χ2v) is 3.89. The lowest BCUT2D eigenvalue weighted by atomic mass is 10.3. The second-order valence-electron chi connectivity index (χ2n) is 3.03. The molecule has 0 aromatic heterocycles. The van der Waals surface area contributed by atoms with Crippen LogP contribution in [0.25, 0.3) is 0 Å². The Morgan fingerprint density at radius 1 is 1.31 bits per heavy atom. The molecule has 0 aliphatic heterocycles. The molecule has 1 rings (SSSR count). The first kappa shape index (κ1) is 10.1. The molecule has 0 bridgehead atoms. The second kappa shape index (κ2) is 5.65. The number of benzene rings is 1. The minimum atomic E-state index is 0.490. The van der Waals surface area contributed by atoms with Gasteiger partial charge in [0.25, 0.3) is 0 Å². The maximum atomic E-state index is 4.05. The van der Waals surface area contributed by atoms with Crippen LogP contribution in [0.15, 0.2) is 40.3 Å². The largest absolute Gasteiger partial charge is 0.247 e. The van der Waals surface area contributed by atoms with Gasteiger partial charge in [-0.25, -0.2) is 4.83 Å². The highest BCUT2D eigenvalue weighted by Crippen LogP contribution is 2.12. The van der Waals surface area contributed by atoms with E-state index in [0.717, 1.165) is 0 Å². The Bertz CT molecular complexity index is 257. The standard InChI is InChI=1S/C10H14N2S/c1-9(2)8-11-12-13-10-6-4-3-5-7-10/h3-9,12H,1-2H3/b11-8+. The van der Waals surface area contributed by atoms with Crippen molar-refractivity contribution in [3.05, 3.63) is 30.3 Å². The lowest BCUT2D eigenvalue weighted by Gasteiger charge is -1.98. The van der Waals surface area contributed by atoms with E-state index in [1.54, 1.807) is 0 Å². The van der Waals surface area contributed by atoms with E-state index in [4.69, 9.17) is 0 Å². The Balaban J connectivity index is 2.28. The van der Waals surface area contributed by atoms with Crippen LogP contribution >= 0.6 is 11.9 Å². The fourth-order valence-electron chi connectivity index (χ4n) is 0.747. The van der Waals surface area contributed by atoms with Crippen LogP contribution in [0.1, 0.15) is 13.8 Å². The van der Waals surface area contributed by atoms with Gasteiger partial charge in [0.15, 0.2) is 0 Å². The van der Waals surface area contributed by atoms with Crippen LogP contribution in [0.4, 0.5) is 0 Å². The van der Waals surface area contributed by atoms with E-state index in [9.17, 15) is 0 Å². The van der Waals surface area contributed by atoms with Crippen molar-refractivity contribution in [2.45, 2.75) is 18.7 Å². The van der Waals surface area contributed by atoms with Crippen LogP contribution in [-0.2, 0) is 0 Å². The van der Waals surface area contributed by atoms with Crippen molar-refractivity contribution >= 4 is 18.2 Å². The Morgan fingerprint density at radius 2 is 2.00 bits per heavy atom. The fourth-order valence-corrected chi connectivity index (χ4v) is 1.26. The third-order valence-electron chi connectivity index (χ3n) is 1.33. The van der Waals surface area contributed by atoms with Gasteiger partial charge in [-0.1, -0.05) is 32.0 Å². The molecule has 0 radical (unpaired) electrons. The highest BCUT2D eigenvalue weighted by molar-refractivity contribution is 7.97. The zero-order valence-corrected chi connectivity index (χ0v) is 8.71. The molecule has 0 fully saturated rings. The van der Waals surface area contributed by atoms with Gasteiger partial charge in [-0.2, -0.15) is 5.10 Å². The van der Waals surface area contributed by atoms with Crippen molar-refractivity contribution in [2.24, 2.45) is 11.0 Å². The fraction of sp³-hybridized carbons (Fsp3) is 0.300. The molecule has 0 unspecified atom stereocenters. The summed E-state index contributed by atoms with van der Waals surface area (Å²) in [6.45, 7) is 4.19. The van der Waals surface area contributed by atoms with Crippen molar-refractivity contribution in [1.82, 2.24) is 4.83 Å². The number of rotatable bonds is 4. The van der Waals surface area contributed by atoms with Gasteiger partial charge < -0.3 is 0 Å². The Labute approximate surface area is 83.6 Å². The number of hydrogen-bond donors (Lipinski definition) is 1. The average molecular weight is 194 g/mol. The summed E-state index contributed by atoms with van der Waals surface area (Å²) in [5.74, 6) is 0.490. The first-order valence-electron chi connectivity index (χ1n) is 4.29. The van der Waals surface area contributed by atoms with Crippen molar-refractivity contribution in [3.63, 3.8) is 0 Å². The molecule has 1 aromatic carbocycles. The van der Waals surface area contributed by atoms with Gasteiger partial charge in [0.05, 0.1) is 0 Å². The summed E-state index contributed by atoms with van der Waals surface area (Å²) < 4.78 is 0. The third-order valence-corrected chi connectivity index (χ3v) is 2.04. The maximum absolute atomic E-state index is 4.05. The molecule has 0 spiro atoms. The van der Waals surface area contributed by atoms with Crippen molar-refractivity contribution in [3.8, 4) is 0 Å². The minimum Gasteiger partial charge on any atom is -0.247 e. The van der Waals surface area contributed by atoms with E-state index in [1.807, 2.05) is 36.5 Å². The smallest absolute Gasteiger partial charge is 0.0299 e. The summed E-state index contributed by atoms with van der Waals surface area (Å²) >= 11 is 1.51. The SMILES string of the molecule is CC(C)/C=N/NSc1ccccc1. The van der Waals surface area contributed by atoms with Crippen LogP contribution in [0, 0.1) is 5.92 Å². The Hall–Kier alpha value is -0.960. The summed E-state index contributed by atoms with van der Waals surface area (Å²) in [4.78, 5) is 4.09. The molecule has 0 saturated heterocycles. The highest BCUT2D eigenvalue weighted by Gasteiger charge is 1.88. The summed E-state index contributed by atoms with van der Waals surface area (Å²) in [6, 6.07) is 10.1. The first-order chi connectivity index (χ1) is 6.29. The topological polar surface area (TPSA) is 24.4 Å². The van der Waals surface area contributed by atoms with Crippen LogP contribution in [0.5, 0.6) is 0 Å². The first-order valence-corrected chi connectivity index (χ1v) is 5.11. The van der Waals surface area contributed by atoms with Crippen molar-refractivity contribution in [2.75, 3.05) is 0 Å². The average Bonchev–Trinajstić information content (AvgIpc) is 2.14. The molecule has 1 aromatic rings. The van der Waals surface area contributed by atoms with Gasteiger partial charge in [0.2, 0.25) is 0 Å². The van der Waals surface area contributed by atoms with E-state index >= 15 is 0 Å². The Morgan fingerprint density at radius 3 is 2.62 bits per heavy atom. The van der Waals surface area contributed by atoms with E-state index in [-0.39, 0.29) is 0 Å². The normalized spacial score (nSPS) is 11.0. The molecule has 0 saturated carbocycles. The minimum absolute atomic E-state index is 0.490. The lowest BCUT2D eigenvalue weighted by Crippen LogP contribution is -1.96. The zero-order valence-electron chi connectivity index (χ0n) is 7.90. The summed E-state index contributed by atoms with van der Waals surface area (Å²) in [5, 5.41) is 4.05. The molecule has 13 heavy (non-hydrogen) atoms. The summed E-state index contributed by atoms with van der Waals surface area (Å²) in [6.07, 6.45) is 1.88. The molecule has 0 amide bonds. The molecule has 0 atom stereocenters. The molecule has 0 aliphatic rings. The predicted molar refractivity (Wildman–Crippen MR) is 58.8 cm³/mol. The third kappa shape index (κ3) is 4.58. The van der Waals surface area contributed by atoms with E-state index in [0.29, 0.717) is 5.92 Å². The number of nitrogens with one attached hydrogen (secondary N) is 1. The monoisotopic (exact) mass is 194 g/mol. The predicted octanol–water partition coefficient (Wildman–Crippen LogP) is 2.93. The quantitative estimate of drug-likeness (QED) is 0.453. The van der Waals surface area contributed by atoms with Crippen LogP contribution in [0.2, 0.25) is 0 Å². The van der Waals surface area contributed by atoms with Gasteiger partial charge in [0.1, 0.15) is 0 Å². The van der Waals surface area contributed by atoms with E-state index in [2.05, 4.69) is 23.8 Å². The molecular weight excluding hydrogens is 180 g/mol. The molecule has 2 nitrogen and oxygen atoms in total. The van der Waals surface area contributed by atoms with Gasteiger partial charge in [-0.3, -0.25) is 0 Å². The summed E-state index contributed by atoms with van der Waals surface area (Å²) in [7, 11) is 0. The molecule has 70 valence electrons. The van der Waals surface area contributed by atoms with Crippen LogP contribution in [0.3, 0.4) is 0 Å². The van der Waals surface area contributed by atoms with Gasteiger partial charge in [0, 0.05) is 23.1 Å². The molecular formula is C10H14N2S. The zero-order chi connectivity index (χ0) is 9.52. The summed E-state index contributed by atoms with van der Waals surface area (Å²) in [5.41, 5.74) is 0. The van der Waals surface area contributed by atoms with Crippen LogP contribution < -0.4 is 4.83 Å². The van der Waals surface area contributed by atoms with E-state index < -0.39 is 0 Å².